The lowest BCUT2D eigenvalue weighted by atomic mass is 9.82. The first-order chi connectivity index (χ1) is 7.36. The highest BCUT2D eigenvalue weighted by Crippen LogP contribution is 2.54. The van der Waals surface area contributed by atoms with E-state index >= 15 is 0 Å². The molecule has 1 nitrogen and oxygen atoms in total. The van der Waals surface area contributed by atoms with Gasteiger partial charge in [-0.1, -0.05) is 30.7 Å². The average molecular weight is 243 g/mol. The van der Waals surface area contributed by atoms with Crippen LogP contribution in [0.2, 0.25) is 5.02 Å². The molecule has 0 radical (unpaired) electrons. The van der Waals surface area contributed by atoms with E-state index in [1.807, 2.05) is 6.92 Å². The zero-order valence-electron chi connectivity index (χ0n) is 9.56. The molecule has 16 heavy (non-hydrogen) atoms. The van der Waals surface area contributed by atoms with Crippen LogP contribution in [-0.2, 0) is 6.42 Å². The monoisotopic (exact) mass is 242 g/mol. The van der Waals surface area contributed by atoms with E-state index in [4.69, 9.17) is 11.6 Å². The van der Waals surface area contributed by atoms with Gasteiger partial charge in [0.2, 0.25) is 0 Å². The van der Waals surface area contributed by atoms with Crippen molar-refractivity contribution in [1.82, 2.24) is 0 Å². The van der Waals surface area contributed by atoms with Crippen LogP contribution >= 0.6 is 11.6 Å². The molecule has 0 spiro atoms. The maximum atomic E-state index is 13.7. The van der Waals surface area contributed by atoms with Gasteiger partial charge in [-0.25, -0.2) is 4.39 Å². The lowest BCUT2D eigenvalue weighted by Gasteiger charge is -2.30. The molecule has 1 N–H and O–H groups in total. The summed E-state index contributed by atoms with van der Waals surface area (Å²) in [6, 6.07) is 4.92. The minimum Gasteiger partial charge on any atom is -0.389 e. The van der Waals surface area contributed by atoms with Gasteiger partial charge >= 0.3 is 0 Å². The first-order valence-corrected chi connectivity index (χ1v) is 5.89. The molecule has 1 aliphatic rings. The van der Waals surface area contributed by atoms with Gasteiger partial charge in [-0.05, 0) is 36.8 Å². The van der Waals surface area contributed by atoms with Gasteiger partial charge in [-0.2, -0.15) is 0 Å². The van der Waals surface area contributed by atoms with Gasteiger partial charge in [0.15, 0.2) is 0 Å². The molecule has 1 unspecified atom stereocenters. The highest BCUT2D eigenvalue weighted by atomic mass is 35.5. The maximum absolute atomic E-state index is 13.7. The van der Waals surface area contributed by atoms with E-state index < -0.39 is 11.4 Å². The third kappa shape index (κ3) is 1.96. The molecule has 0 aromatic heterocycles. The number of halogens is 2. The van der Waals surface area contributed by atoms with Crippen molar-refractivity contribution in [2.75, 3.05) is 0 Å². The fourth-order valence-electron chi connectivity index (χ4n) is 2.00. The molecular weight excluding hydrogens is 227 g/mol. The lowest BCUT2D eigenvalue weighted by molar-refractivity contribution is -0.00768. The van der Waals surface area contributed by atoms with Crippen molar-refractivity contribution in [2.45, 2.75) is 38.7 Å². The third-order valence-electron chi connectivity index (χ3n) is 3.87. The third-order valence-corrected chi connectivity index (χ3v) is 4.16. The second-order valence-electron chi connectivity index (χ2n) is 5.22. The number of benzene rings is 1. The van der Waals surface area contributed by atoms with Crippen molar-refractivity contribution in [3.8, 4) is 0 Å². The summed E-state index contributed by atoms with van der Waals surface area (Å²) in [6.07, 6.45) is 2.32. The first-order valence-electron chi connectivity index (χ1n) is 5.51. The second kappa shape index (κ2) is 3.71. The van der Waals surface area contributed by atoms with Crippen LogP contribution < -0.4 is 0 Å². The van der Waals surface area contributed by atoms with E-state index in [0.29, 0.717) is 12.0 Å². The summed E-state index contributed by atoms with van der Waals surface area (Å²) in [7, 11) is 0. The van der Waals surface area contributed by atoms with E-state index in [1.165, 1.54) is 6.07 Å². The fourth-order valence-corrected chi connectivity index (χ4v) is 2.19. The molecule has 1 saturated carbocycles. The molecule has 3 heteroatoms. The Labute approximate surface area is 100 Å². The molecule has 2 rings (SSSR count). The Morgan fingerprint density at radius 3 is 2.69 bits per heavy atom. The molecule has 0 saturated heterocycles. The number of rotatable bonds is 3. The minimum atomic E-state index is -0.863. The number of hydrogen-bond donors (Lipinski definition) is 1. The normalized spacial score (nSPS) is 21.6. The van der Waals surface area contributed by atoms with E-state index in [0.717, 1.165) is 12.8 Å². The minimum absolute atomic E-state index is 0.0677. The van der Waals surface area contributed by atoms with E-state index in [2.05, 4.69) is 0 Å². The standard InChI is InChI=1S/C13H16ClFO/c1-12(6-7-12)13(2,16)8-9-4-3-5-10(14)11(9)15/h3-5,16H,6-8H2,1-2H3. The van der Waals surface area contributed by atoms with Crippen LogP contribution in [0.25, 0.3) is 0 Å². The van der Waals surface area contributed by atoms with Crippen LogP contribution in [0.3, 0.4) is 0 Å². The smallest absolute Gasteiger partial charge is 0.145 e. The van der Waals surface area contributed by atoms with Gasteiger partial charge in [-0.15, -0.1) is 0 Å². The summed E-state index contributed by atoms with van der Waals surface area (Å²) in [6.45, 7) is 3.82. The Kier molecular flexibility index (Phi) is 2.75. The molecule has 1 atom stereocenters. The van der Waals surface area contributed by atoms with Gasteiger partial charge in [0.05, 0.1) is 10.6 Å². The quantitative estimate of drug-likeness (QED) is 0.859. The number of aliphatic hydroxyl groups is 1. The van der Waals surface area contributed by atoms with Crippen LogP contribution in [0.4, 0.5) is 4.39 Å². The zero-order valence-corrected chi connectivity index (χ0v) is 10.3. The van der Waals surface area contributed by atoms with Crippen LogP contribution in [0.5, 0.6) is 0 Å². The summed E-state index contributed by atoms with van der Waals surface area (Å²) >= 11 is 5.72. The molecule has 0 aliphatic heterocycles. The Bertz CT molecular complexity index is 410. The van der Waals surface area contributed by atoms with Gasteiger partial charge in [0.1, 0.15) is 5.82 Å². The van der Waals surface area contributed by atoms with Crippen molar-refractivity contribution in [2.24, 2.45) is 5.41 Å². The Hall–Kier alpha value is -0.600. The summed E-state index contributed by atoms with van der Waals surface area (Å²) in [5.74, 6) is -0.409. The Balaban J connectivity index is 2.24. The molecule has 88 valence electrons. The van der Waals surface area contributed by atoms with E-state index in [9.17, 15) is 9.50 Å². The molecular formula is C13H16ClFO. The van der Waals surface area contributed by atoms with E-state index in [-0.39, 0.29) is 10.4 Å². The summed E-state index contributed by atoms with van der Waals surface area (Å²) < 4.78 is 13.7. The first kappa shape index (κ1) is 11.9. The van der Waals surface area contributed by atoms with Crippen molar-refractivity contribution in [1.29, 1.82) is 0 Å². The molecule has 0 amide bonds. The van der Waals surface area contributed by atoms with Crippen molar-refractivity contribution in [3.63, 3.8) is 0 Å². The van der Waals surface area contributed by atoms with Crippen LogP contribution in [0.15, 0.2) is 18.2 Å². The molecule has 0 bridgehead atoms. The van der Waals surface area contributed by atoms with Crippen molar-refractivity contribution in [3.05, 3.63) is 34.6 Å². The predicted octanol–water partition coefficient (Wildman–Crippen LogP) is 3.57. The molecule has 1 fully saturated rings. The summed E-state index contributed by atoms with van der Waals surface area (Å²) in [5, 5.41) is 10.5. The van der Waals surface area contributed by atoms with Gasteiger partial charge in [-0.3, -0.25) is 0 Å². The van der Waals surface area contributed by atoms with Gasteiger partial charge in [0, 0.05) is 6.42 Å². The van der Waals surface area contributed by atoms with E-state index in [1.54, 1.807) is 19.1 Å². The van der Waals surface area contributed by atoms with Crippen molar-refractivity contribution >= 4 is 11.6 Å². The molecule has 1 aromatic rings. The topological polar surface area (TPSA) is 20.2 Å². The van der Waals surface area contributed by atoms with Gasteiger partial charge in [0.25, 0.3) is 0 Å². The highest BCUT2D eigenvalue weighted by Gasteiger charge is 2.52. The van der Waals surface area contributed by atoms with Crippen LogP contribution in [0.1, 0.15) is 32.3 Å². The molecule has 0 heterocycles. The maximum Gasteiger partial charge on any atom is 0.145 e. The fraction of sp³-hybridized carbons (Fsp3) is 0.538. The Morgan fingerprint density at radius 1 is 1.50 bits per heavy atom. The van der Waals surface area contributed by atoms with Crippen LogP contribution in [-0.4, -0.2) is 10.7 Å². The van der Waals surface area contributed by atoms with Crippen molar-refractivity contribution < 1.29 is 9.50 Å². The predicted molar refractivity (Wildman–Crippen MR) is 63.1 cm³/mol. The second-order valence-corrected chi connectivity index (χ2v) is 5.63. The summed E-state index contributed by atoms with van der Waals surface area (Å²) in [4.78, 5) is 0. The number of hydrogen-bond acceptors (Lipinski definition) is 1. The zero-order chi connectivity index (χ0) is 12.0. The largest absolute Gasteiger partial charge is 0.389 e. The SMILES string of the molecule is CC(O)(Cc1cccc(Cl)c1F)C1(C)CC1. The van der Waals surface area contributed by atoms with Gasteiger partial charge < -0.3 is 5.11 Å². The Morgan fingerprint density at radius 2 is 2.12 bits per heavy atom. The summed E-state index contributed by atoms with van der Waals surface area (Å²) in [5.41, 5.74) is -0.439. The lowest BCUT2D eigenvalue weighted by Crippen LogP contribution is -2.37. The van der Waals surface area contributed by atoms with Crippen LogP contribution in [0, 0.1) is 11.2 Å². The average Bonchev–Trinajstić information content (AvgIpc) is 2.93. The highest BCUT2D eigenvalue weighted by molar-refractivity contribution is 6.30. The molecule has 1 aliphatic carbocycles. The molecule has 1 aromatic carbocycles.